The third kappa shape index (κ3) is 7.17. The van der Waals surface area contributed by atoms with Crippen LogP contribution in [0.5, 0.6) is 11.5 Å². The molecule has 0 atom stereocenters. The molecular weight excluding hydrogens is 334 g/mol. The Morgan fingerprint density at radius 3 is 2.50 bits per heavy atom. The van der Waals surface area contributed by atoms with Gasteiger partial charge < -0.3 is 14.3 Å². The van der Waals surface area contributed by atoms with Gasteiger partial charge in [-0.05, 0) is 24.6 Å². The molecule has 26 heavy (non-hydrogen) atoms. The minimum absolute atomic E-state index is 0.0476. The van der Waals surface area contributed by atoms with E-state index in [-0.39, 0.29) is 5.70 Å². The molecule has 0 amide bonds. The lowest BCUT2D eigenvalue weighted by atomic mass is 10.1. The Balaban J connectivity index is 2.62. The fourth-order valence-electron chi connectivity index (χ4n) is 2.29. The summed E-state index contributed by atoms with van der Waals surface area (Å²) in [5, 5.41) is 1.02. The SMILES string of the molecule is C=C(C=O)N(C)OC(=O)c1ccc(OC)c(OCCCCCCCC)c1. The highest BCUT2D eigenvalue weighted by Crippen LogP contribution is 2.28. The molecule has 0 N–H and O–H groups in total. The Kier molecular flexibility index (Phi) is 9.90. The number of unbranched alkanes of at least 4 members (excludes halogenated alkanes) is 5. The number of hydrogen-bond acceptors (Lipinski definition) is 6. The monoisotopic (exact) mass is 363 g/mol. The zero-order valence-corrected chi connectivity index (χ0v) is 16.0. The summed E-state index contributed by atoms with van der Waals surface area (Å²) in [6.07, 6.45) is 7.52. The molecule has 1 aromatic rings. The van der Waals surface area contributed by atoms with Crippen molar-refractivity contribution in [2.75, 3.05) is 20.8 Å². The first-order chi connectivity index (χ1) is 12.5. The Bertz CT molecular complexity index is 600. The molecule has 0 unspecified atom stereocenters. The van der Waals surface area contributed by atoms with Gasteiger partial charge in [-0.1, -0.05) is 45.6 Å². The lowest BCUT2D eigenvalue weighted by Crippen LogP contribution is -2.23. The van der Waals surface area contributed by atoms with Crippen LogP contribution in [-0.4, -0.2) is 38.1 Å². The second-order valence-electron chi connectivity index (χ2n) is 5.97. The van der Waals surface area contributed by atoms with Crippen LogP contribution in [0.25, 0.3) is 0 Å². The van der Waals surface area contributed by atoms with Gasteiger partial charge in [-0.15, -0.1) is 0 Å². The smallest absolute Gasteiger partial charge is 0.363 e. The summed E-state index contributed by atoms with van der Waals surface area (Å²) in [4.78, 5) is 27.9. The van der Waals surface area contributed by atoms with Crippen molar-refractivity contribution in [3.05, 3.63) is 36.0 Å². The lowest BCUT2D eigenvalue weighted by Gasteiger charge is -2.17. The van der Waals surface area contributed by atoms with Gasteiger partial charge in [0.05, 0.1) is 19.3 Å². The fourth-order valence-corrected chi connectivity index (χ4v) is 2.29. The van der Waals surface area contributed by atoms with Crippen LogP contribution >= 0.6 is 0 Å². The quantitative estimate of drug-likeness (QED) is 0.227. The van der Waals surface area contributed by atoms with E-state index in [4.69, 9.17) is 14.3 Å². The van der Waals surface area contributed by atoms with Crippen LogP contribution in [0.1, 0.15) is 55.8 Å². The van der Waals surface area contributed by atoms with Crippen LogP contribution in [0.15, 0.2) is 30.5 Å². The van der Waals surface area contributed by atoms with Crippen LogP contribution in [0, 0.1) is 0 Å². The normalized spacial score (nSPS) is 10.1. The van der Waals surface area contributed by atoms with Gasteiger partial charge in [0.15, 0.2) is 17.8 Å². The summed E-state index contributed by atoms with van der Waals surface area (Å²) in [6.45, 7) is 6.23. The molecule has 1 rings (SSSR count). The average molecular weight is 363 g/mol. The highest BCUT2D eigenvalue weighted by molar-refractivity contribution is 5.90. The minimum Gasteiger partial charge on any atom is -0.493 e. The summed E-state index contributed by atoms with van der Waals surface area (Å²) < 4.78 is 11.1. The Morgan fingerprint density at radius 1 is 1.15 bits per heavy atom. The van der Waals surface area contributed by atoms with Gasteiger partial charge in [0, 0.05) is 7.05 Å². The number of rotatable bonds is 13. The van der Waals surface area contributed by atoms with Crippen LogP contribution in [-0.2, 0) is 9.63 Å². The van der Waals surface area contributed by atoms with Gasteiger partial charge in [-0.3, -0.25) is 4.79 Å². The molecule has 0 spiro atoms. The third-order valence-electron chi connectivity index (χ3n) is 3.92. The standard InChI is InChI=1S/C20H29NO5/c1-5-6-7-8-9-10-13-25-19-14-17(11-12-18(19)24-4)20(23)26-21(3)16(2)15-22/h11-12,14-15H,2,5-10,13H2,1,3-4H3. The Morgan fingerprint density at radius 2 is 1.85 bits per heavy atom. The predicted octanol–water partition coefficient (Wildman–Crippen LogP) is 4.15. The number of carbonyl (C=O) groups is 2. The summed E-state index contributed by atoms with van der Waals surface area (Å²) >= 11 is 0. The molecule has 6 heteroatoms. The van der Waals surface area contributed by atoms with Crippen molar-refractivity contribution in [2.45, 2.75) is 45.4 Å². The van der Waals surface area contributed by atoms with Gasteiger partial charge in [0.2, 0.25) is 0 Å². The number of likely N-dealkylation sites (N-methyl/N-ethyl adjacent to an activating group) is 1. The van der Waals surface area contributed by atoms with Gasteiger partial charge in [0.25, 0.3) is 0 Å². The number of nitrogens with zero attached hydrogens (tertiary/aromatic N) is 1. The molecule has 0 aliphatic heterocycles. The number of methoxy groups -OCH3 is 1. The maximum atomic E-state index is 12.2. The van der Waals surface area contributed by atoms with Crippen LogP contribution in [0.4, 0.5) is 0 Å². The van der Waals surface area contributed by atoms with Crippen molar-refractivity contribution in [1.82, 2.24) is 5.06 Å². The molecule has 144 valence electrons. The number of carbonyl (C=O) groups excluding carboxylic acids is 2. The van der Waals surface area contributed by atoms with Crippen LogP contribution in [0.3, 0.4) is 0 Å². The van der Waals surface area contributed by atoms with E-state index in [0.717, 1.165) is 17.9 Å². The van der Waals surface area contributed by atoms with Gasteiger partial charge in [-0.25, -0.2) is 9.86 Å². The van der Waals surface area contributed by atoms with E-state index in [0.29, 0.717) is 30.0 Å². The van der Waals surface area contributed by atoms with Gasteiger partial charge >= 0.3 is 5.97 Å². The van der Waals surface area contributed by atoms with E-state index in [1.165, 1.54) is 32.7 Å². The molecule has 0 saturated carbocycles. The molecule has 0 aliphatic carbocycles. The highest BCUT2D eigenvalue weighted by atomic mass is 16.7. The summed E-state index contributed by atoms with van der Waals surface area (Å²) in [5.41, 5.74) is 0.348. The molecule has 0 aliphatic rings. The van der Waals surface area contributed by atoms with Crippen LogP contribution in [0.2, 0.25) is 0 Å². The summed E-state index contributed by atoms with van der Waals surface area (Å²) in [7, 11) is 2.99. The number of hydrogen-bond donors (Lipinski definition) is 0. The third-order valence-corrected chi connectivity index (χ3v) is 3.92. The van der Waals surface area contributed by atoms with Crippen molar-refractivity contribution in [2.24, 2.45) is 0 Å². The first-order valence-electron chi connectivity index (χ1n) is 8.94. The van der Waals surface area contributed by atoms with Crippen molar-refractivity contribution >= 4 is 12.3 Å². The van der Waals surface area contributed by atoms with Crippen molar-refractivity contribution < 1.29 is 23.9 Å². The predicted molar refractivity (Wildman–Crippen MR) is 100 cm³/mol. The zero-order valence-electron chi connectivity index (χ0n) is 16.0. The number of allylic oxidation sites excluding steroid dienone is 1. The van der Waals surface area contributed by atoms with Crippen molar-refractivity contribution in [3.8, 4) is 11.5 Å². The minimum atomic E-state index is -0.609. The molecular formula is C20H29NO5. The molecule has 6 nitrogen and oxygen atoms in total. The summed E-state index contributed by atoms with van der Waals surface area (Å²) in [5.74, 6) is 0.438. The Hall–Kier alpha value is -2.50. The maximum absolute atomic E-state index is 12.2. The molecule has 1 aromatic carbocycles. The summed E-state index contributed by atoms with van der Waals surface area (Å²) in [6, 6.07) is 4.81. The largest absolute Gasteiger partial charge is 0.493 e. The maximum Gasteiger partial charge on any atom is 0.363 e. The Labute approximate surface area is 155 Å². The van der Waals surface area contributed by atoms with Gasteiger partial charge in [-0.2, -0.15) is 0 Å². The lowest BCUT2D eigenvalue weighted by molar-refractivity contribution is -0.112. The van der Waals surface area contributed by atoms with E-state index in [1.54, 1.807) is 25.3 Å². The van der Waals surface area contributed by atoms with Crippen molar-refractivity contribution in [3.63, 3.8) is 0 Å². The van der Waals surface area contributed by atoms with Gasteiger partial charge in [0.1, 0.15) is 5.70 Å². The van der Waals surface area contributed by atoms with E-state index in [9.17, 15) is 9.59 Å². The molecule has 0 radical (unpaired) electrons. The van der Waals surface area contributed by atoms with Crippen molar-refractivity contribution in [1.29, 1.82) is 0 Å². The first kappa shape index (κ1) is 21.5. The average Bonchev–Trinajstić information content (AvgIpc) is 2.66. The van der Waals surface area contributed by atoms with E-state index < -0.39 is 5.97 Å². The molecule has 0 bridgehead atoms. The van der Waals surface area contributed by atoms with E-state index >= 15 is 0 Å². The van der Waals surface area contributed by atoms with Crippen LogP contribution < -0.4 is 9.47 Å². The molecule has 0 fully saturated rings. The number of aldehydes is 1. The molecule has 0 saturated heterocycles. The second kappa shape index (κ2) is 12.0. The first-order valence-corrected chi connectivity index (χ1v) is 8.94. The highest BCUT2D eigenvalue weighted by Gasteiger charge is 2.15. The number of benzene rings is 1. The zero-order chi connectivity index (χ0) is 19.4. The molecule has 0 aromatic heterocycles. The topological polar surface area (TPSA) is 65.1 Å². The fraction of sp³-hybridized carbons (Fsp3) is 0.500. The second-order valence-corrected chi connectivity index (χ2v) is 5.97. The van der Waals surface area contributed by atoms with E-state index in [1.807, 2.05) is 0 Å². The number of hydroxylamine groups is 2. The molecule has 0 heterocycles. The number of ether oxygens (including phenoxy) is 2. The van der Waals surface area contributed by atoms with E-state index in [2.05, 4.69) is 13.5 Å².